The van der Waals surface area contributed by atoms with E-state index < -0.39 is 11.8 Å². The average Bonchev–Trinajstić information content (AvgIpc) is 3.37. The molecule has 0 atom stereocenters. The van der Waals surface area contributed by atoms with E-state index >= 15 is 0 Å². The Bertz CT molecular complexity index is 1000. The first-order valence-corrected chi connectivity index (χ1v) is 9.81. The van der Waals surface area contributed by atoms with Crippen LogP contribution >= 0.6 is 27.7 Å². The Balaban J connectivity index is 1.38. The maximum Gasteiger partial charge on any atom is 0.293 e. The fourth-order valence-electron chi connectivity index (χ4n) is 2.65. The number of nitrogens with zero attached hydrogens (tertiary/aromatic N) is 1. The maximum atomic E-state index is 12.5. The molecule has 3 heterocycles. The van der Waals surface area contributed by atoms with Crippen molar-refractivity contribution in [3.05, 3.63) is 51.2 Å². The summed E-state index contributed by atoms with van der Waals surface area (Å²) in [5, 5.41) is 2.23. The molecule has 8 nitrogen and oxygen atoms in total. The molecule has 0 spiro atoms. The summed E-state index contributed by atoms with van der Waals surface area (Å²) in [7, 11) is 0. The lowest BCUT2D eigenvalue weighted by Gasteiger charge is -2.12. The molecule has 1 aromatic heterocycles. The fourth-order valence-corrected chi connectivity index (χ4v) is 3.82. The van der Waals surface area contributed by atoms with Crippen LogP contribution in [0.4, 0.5) is 4.79 Å². The molecule has 10 heteroatoms. The number of hydrogen-bond donors (Lipinski definition) is 1. The number of ether oxygens (including phenoxy) is 2. The number of benzene rings is 1. The Morgan fingerprint density at radius 1 is 1.21 bits per heavy atom. The highest BCUT2D eigenvalue weighted by molar-refractivity contribution is 9.10. The highest BCUT2D eigenvalue weighted by Gasteiger charge is 2.34. The number of nitrogens with one attached hydrogen (secondary N) is 1. The van der Waals surface area contributed by atoms with Gasteiger partial charge in [-0.3, -0.25) is 19.3 Å². The second-order valence-electron chi connectivity index (χ2n) is 5.81. The SMILES string of the molecule is O=C(NCCN1C(=O)S/C(=C\c2ccc3c(c2)OCO3)C1=O)c1ccc(Br)o1. The monoisotopic (exact) mass is 464 g/mol. The van der Waals surface area contributed by atoms with Crippen molar-refractivity contribution >= 4 is 50.8 Å². The van der Waals surface area contributed by atoms with Crippen LogP contribution in [-0.2, 0) is 4.79 Å². The minimum Gasteiger partial charge on any atom is -0.454 e. The van der Waals surface area contributed by atoms with E-state index in [2.05, 4.69) is 21.2 Å². The van der Waals surface area contributed by atoms with Crippen molar-refractivity contribution < 1.29 is 28.3 Å². The summed E-state index contributed by atoms with van der Waals surface area (Å²) >= 11 is 3.98. The summed E-state index contributed by atoms with van der Waals surface area (Å²) in [6.07, 6.45) is 1.63. The minimum atomic E-state index is -0.423. The van der Waals surface area contributed by atoms with Gasteiger partial charge in [-0.25, -0.2) is 0 Å². The number of rotatable bonds is 5. The van der Waals surface area contributed by atoms with Gasteiger partial charge in [-0.05, 0) is 63.6 Å². The number of thioether (sulfide) groups is 1. The molecule has 1 fully saturated rings. The summed E-state index contributed by atoms with van der Waals surface area (Å²) in [5.41, 5.74) is 0.728. The number of amides is 3. The van der Waals surface area contributed by atoms with Crippen molar-refractivity contribution in [3.63, 3.8) is 0 Å². The van der Waals surface area contributed by atoms with Gasteiger partial charge < -0.3 is 19.2 Å². The minimum absolute atomic E-state index is 0.0662. The van der Waals surface area contributed by atoms with E-state index in [0.717, 1.165) is 22.2 Å². The molecule has 0 radical (unpaired) electrons. The largest absolute Gasteiger partial charge is 0.454 e. The topological polar surface area (TPSA) is 98.1 Å². The molecule has 0 bridgehead atoms. The first-order chi connectivity index (χ1) is 13.5. The van der Waals surface area contributed by atoms with Crippen LogP contribution in [0.5, 0.6) is 11.5 Å². The van der Waals surface area contributed by atoms with Gasteiger partial charge in [0.15, 0.2) is 21.9 Å². The van der Waals surface area contributed by atoms with Crippen molar-refractivity contribution in [2.24, 2.45) is 0 Å². The molecule has 2 aliphatic rings. The predicted octanol–water partition coefficient (Wildman–Crippen LogP) is 3.24. The molecule has 0 aliphatic carbocycles. The maximum absolute atomic E-state index is 12.5. The molecule has 144 valence electrons. The van der Waals surface area contributed by atoms with E-state index in [9.17, 15) is 14.4 Å². The van der Waals surface area contributed by atoms with Crippen LogP contribution in [0.25, 0.3) is 6.08 Å². The van der Waals surface area contributed by atoms with Gasteiger partial charge in [-0.15, -0.1) is 0 Å². The Morgan fingerprint density at radius 3 is 2.82 bits per heavy atom. The highest BCUT2D eigenvalue weighted by atomic mass is 79.9. The normalized spacial score (nSPS) is 16.9. The van der Waals surface area contributed by atoms with Gasteiger partial charge in [0.2, 0.25) is 6.79 Å². The van der Waals surface area contributed by atoms with Gasteiger partial charge in [-0.1, -0.05) is 6.07 Å². The zero-order chi connectivity index (χ0) is 19.7. The second kappa shape index (κ2) is 7.72. The van der Waals surface area contributed by atoms with Gasteiger partial charge >= 0.3 is 0 Å². The molecule has 4 rings (SSSR count). The smallest absolute Gasteiger partial charge is 0.293 e. The lowest BCUT2D eigenvalue weighted by Crippen LogP contribution is -2.37. The number of carbonyl (C=O) groups excluding carboxylic acids is 3. The third-order valence-electron chi connectivity index (χ3n) is 3.99. The van der Waals surface area contributed by atoms with E-state index in [1.807, 2.05) is 0 Å². The van der Waals surface area contributed by atoms with E-state index in [1.165, 1.54) is 6.07 Å². The molecule has 1 N–H and O–H groups in total. The van der Waals surface area contributed by atoms with E-state index in [1.54, 1.807) is 30.3 Å². The number of carbonyl (C=O) groups is 3. The van der Waals surface area contributed by atoms with Crippen molar-refractivity contribution in [2.45, 2.75) is 0 Å². The Kier molecular flexibility index (Phi) is 5.14. The Morgan fingerprint density at radius 2 is 2.04 bits per heavy atom. The average molecular weight is 465 g/mol. The van der Waals surface area contributed by atoms with Crippen molar-refractivity contribution in [1.82, 2.24) is 10.2 Å². The zero-order valence-corrected chi connectivity index (χ0v) is 16.7. The van der Waals surface area contributed by atoms with Gasteiger partial charge in [0, 0.05) is 13.1 Å². The van der Waals surface area contributed by atoms with Crippen LogP contribution in [0.2, 0.25) is 0 Å². The summed E-state index contributed by atoms with van der Waals surface area (Å²) in [4.78, 5) is 38.0. The van der Waals surface area contributed by atoms with E-state index in [4.69, 9.17) is 13.9 Å². The molecule has 1 saturated heterocycles. The number of furan rings is 1. The van der Waals surface area contributed by atoms with Crippen LogP contribution in [0.3, 0.4) is 0 Å². The molecular weight excluding hydrogens is 452 g/mol. The number of imide groups is 1. The second-order valence-corrected chi connectivity index (χ2v) is 7.58. The third-order valence-corrected chi connectivity index (χ3v) is 5.32. The van der Waals surface area contributed by atoms with Crippen LogP contribution in [0.1, 0.15) is 16.1 Å². The molecule has 1 aromatic carbocycles. The van der Waals surface area contributed by atoms with E-state index in [-0.39, 0.29) is 30.9 Å². The summed E-state index contributed by atoms with van der Waals surface area (Å²) in [5.74, 6) is 0.560. The van der Waals surface area contributed by atoms with Crippen LogP contribution in [0, 0.1) is 0 Å². The number of hydrogen-bond acceptors (Lipinski definition) is 7. The van der Waals surface area contributed by atoms with Crippen molar-refractivity contribution in [1.29, 1.82) is 0 Å². The number of fused-ring (bicyclic) bond motifs is 1. The Hall–Kier alpha value is -2.72. The van der Waals surface area contributed by atoms with Crippen molar-refractivity contribution in [3.8, 4) is 11.5 Å². The summed E-state index contributed by atoms with van der Waals surface area (Å²) in [6.45, 7) is 0.346. The summed E-state index contributed by atoms with van der Waals surface area (Å²) in [6, 6.07) is 8.40. The molecule has 28 heavy (non-hydrogen) atoms. The molecule has 2 aromatic rings. The standard InChI is InChI=1S/C18H13BrN2O6S/c19-15-4-3-12(27-15)16(22)20-5-6-21-17(23)14(28-18(21)24)8-10-1-2-11-13(7-10)26-9-25-11/h1-4,7-8H,5-6,9H2,(H,20,22)/b14-8-. The number of halogens is 1. The van der Waals surface area contributed by atoms with Gasteiger partial charge in [0.1, 0.15) is 0 Å². The quantitative estimate of drug-likeness (QED) is 0.678. The summed E-state index contributed by atoms with van der Waals surface area (Å²) < 4.78 is 16.2. The van der Waals surface area contributed by atoms with Gasteiger partial charge in [-0.2, -0.15) is 0 Å². The first-order valence-electron chi connectivity index (χ1n) is 8.20. The molecule has 0 saturated carbocycles. The van der Waals surface area contributed by atoms with Crippen LogP contribution in [-0.4, -0.2) is 41.8 Å². The van der Waals surface area contributed by atoms with Crippen LogP contribution < -0.4 is 14.8 Å². The molecular formula is C18H13BrN2O6S. The third kappa shape index (κ3) is 3.78. The zero-order valence-electron chi connectivity index (χ0n) is 14.3. The van der Waals surface area contributed by atoms with E-state index in [0.29, 0.717) is 21.1 Å². The molecule has 2 aliphatic heterocycles. The van der Waals surface area contributed by atoms with Crippen molar-refractivity contribution in [2.75, 3.05) is 19.9 Å². The first kappa shape index (κ1) is 18.6. The highest BCUT2D eigenvalue weighted by Crippen LogP contribution is 2.36. The van der Waals surface area contributed by atoms with Gasteiger partial charge in [0.25, 0.3) is 17.1 Å². The lowest BCUT2D eigenvalue weighted by molar-refractivity contribution is -0.122. The Labute approximate surface area is 172 Å². The van der Waals surface area contributed by atoms with Crippen LogP contribution in [0.15, 0.2) is 44.3 Å². The fraction of sp³-hybridized carbons (Fsp3) is 0.167. The van der Waals surface area contributed by atoms with Gasteiger partial charge in [0.05, 0.1) is 4.91 Å². The predicted molar refractivity (Wildman–Crippen MR) is 104 cm³/mol. The lowest BCUT2D eigenvalue weighted by atomic mass is 10.2. The molecule has 3 amide bonds. The molecule has 0 unspecified atom stereocenters.